The Bertz CT molecular complexity index is 475. The van der Waals surface area contributed by atoms with Crippen LogP contribution in [0.4, 0.5) is 0 Å². The molecule has 0 aliphatic rings. The molecule has 4 heteroatoms. The molecule has 0 heterocycles. The summed E-state index contributed by atoms with van der Waals surface area (Å²) in [5.74, 6) is -0.677. The molecule has 2 atom stereocenters. The minimum absolute atomic E-state index is 0.138. The zero-order chi connectivity index (χ0) is 25.9. The highest BCUT2D eigenvalue weighted by molar-refractivity contribution is 5.66. The predicted molar refractivity (Wildman–Crippen MR) is 146 cm³/mol. The first kappa shape index (κ1) is 33.4. The van der Waals surface area contributed by atoms with Gasteiger partial charge in [0.25, 0.3) is 0 Å². The van der Waals surface area contributed by atoms with E-state index in [1.807, 2.05) is 0 Å². The predicted octanol–water partition coefficient (Wildman–Crippen LogP) is 9.48. The molecule has 0 rings (SSSR count). The molecule has 0 saturated carbocycles. The van der Waals surface area contributed by atoms with E-state index >= 15 is 0 Å². The number of aliphatic carboxylic acids is 1. The smallest absolute Gasteiger partial charge is 0.303 e. The second kappa shape index (κ2) is 19.6. The molecule has 0 aromatic carbocycles. The minimum Gasteiger partial charge on any atom is -0.481 e. The molecule has 1 N–H and O–H groups in total. The van der Waals surface area contributed by atoms with E-state index in [0.29, 0.717) is 6.42 Å². The van der Waals surface area contributed by atoms with Gasteiger partial charge in [-0.1, -0.05) is 96.8 Å². The van der Waals surface area contributed by atoms with Crippen LogP contribution in [0.2, 0.25) is 0 Å². The molecule has 0 aromatic rings. The van der Waals surface area contributed by atoms with Gasteiger partial charge in [0, 0.05) is 6.42 Å². The summed E-state index contributed by atoms with van der Waals surface area (Å²) in [6.45, 7) is 15.2. The molecule has 34 heavy (non-hydrogen) atoms. The van der Waals surface area contributed by atoms with Gasteiger partial charge in [-0.15, -0.1) is 0 Å². The van der Waals surface area contributed by atoms with Crippen LogP contribution in [0.5, 0.6) is 0 Å². The number of carboxylic acid groups (broad SMARTS) is 1. The molecular weight excluding hydrogens is 424 g/mol. The lowest BCUT2D eigenvalue weighted by atomic mass is 9.97. The third-order valence-corrected chi connectivity index (χ3v) is 6.15. The van der Waals surface area contributed by atoms with Crippen LogP contribution in [0.15, 0.2) is 0 Å². The van der Waals surface area contributed by atoms with Gasteiger partial charge in [0.05, 0.1) is 23.4 Å². The molecule has 0 saturated heterocycles. The minimum atomic E-state index is -0.677. The van der Waals surface area contributed by atoms with Crippen molar-refractivity contribution in [2.75, 3.05) is 0 Å². The fourth-order valence-corrected chi connectivity index (χ4v) is 4.53. The Morgan fingerprint density at radius 1 is 0.588 bits per heavy atom. The Morgan fingerprint density at radius 2 is 0.912 bits per heavy atom. The summed E-state index contributed by atoms with van der Waals surface area (Å²) < 4.78 is 13.1. The van der Waals surface area contributed by atoms with Gasteiger partial charge in [-0.05, 0) is 60.8 Å². The maximum absolute atomic E-state index is 10.6. The van der Waals surface area contributed by atoms with Crippen LogP contribution in [0.1, 0.15) is 164 Å². The van der Waals surface area contributed by atoms with Crippen LogP contribution in [-0.2, 0) is 14.3 Å². The summed E-state index contributed by atoms with van der Waals surface area (Å²) >= 11 is 0. The molecule has 204 valence electrons. The zero-order valence-electron chi connectivity index (χ0n) is 24.1. The second-order valence-corrected chi connectivity index (χ2v) is 12.2. The summed E-state index contributed by atoms with van der Waals surface area (Å²) in [5.41, 5.74) is -0.339. The van der Waals surface area contributed by atoms with Crippen molar-refractivity contribution in [3.63, 3.8) is 0 Å². The van der Waals surface area contributed by atoms with E-state index in [4.69, 9.17) is 14.6 Å². The Kier molecular flexibility index (Phi) is 19.2. The average molecular weight is 485 g/mol. The molecule has 0 bridgehead atoms. The highest BCUT2D eigenvalue weighted by atomic mass is 16.6. The van der Waals surface area contributed by atoms with Crippen LogP contribution in [0, 0.1) is 0 Å². The van der Waals surface area contributed by atoms with Crippen molar-refractivity contribution in [1.29, 1.82) is 0 Å². The quantitative estimate of drug-likeness (QED) is 0.155. The standard InChI is InChI=1S/C30H60O4/c1-8-9-10-11-12-14-17-20-23-26(33-29(2,3)4)27(34-30(5,6)7)24-21-18-15-13-16-19-22-25-28(31)32/h26-27H,8-25H2,1-7H3,(H,31,32). The van der Waals surface area contributed by atoms with Crippen molar-refractivity contribution in [2.24, 2.45) is 0 Å². The van der Waals surface area contributed by atoms with Gasteiger partial charge in [-0.25, -0.2) is 0 Å². The van der Waals surface area contributed by atoms with E-state index in [2.05, 4.69) is 48.5 Å². The molecule has 0 aliphatic carbocycles. The summed E-state index contributed by atoms with van der Waals surface area (Å²) in [6.07, 6.45) is 21.2. The largest absolute Gasteiger partial charge is 0.481 e. The van der Waals surface area contributed by atoms with Crippen LogP contribution in [0.3, 0.4) is 0 Å². The van der Waals surface area contributed by atoms with E-state index in [0.717, 1.165) is 38.5 Å². The van der Waals surface area contributed by atoms with E-state index < -0.39 is 5.97 Å². The maximum atomic E-state index is 10.6. The number of carboxylic acids is 1. The van der Waals surface area contributed by atoms with Crippen molar-refractivity contribution in [3.05, 3.63) is 0 Å². The van der Waals surface area contributed by atoms with Gasteiger partial charge in [0.1, 0.15) is 0 Å². The van der Waals surface area contributed by atoms with Crippen LogP contribution < -0.4 is 0 Å². The van der Waals surface area contributed by atoms with Gasteiger partial charge in [-0.2, -0.15) is 0 Å². The summed E-state index contributed by atoms with van der Waals surface area (Å²) in [4.78, 5) is 10.6. The monoisotopic (exact) mass is 484 g/mol. The van der Waals surface area contributed by atoms with Gasteiger partial charge >= 0.3 is 5.97 Å². The van der Waals surface area contributed by atoms with Gasteiger partial charge in [-0.3, -0.25) is 4.79 Å². The van der Waals surface area contributed by atoms with Gasteiger partial charge in [0.15, 0.2) is 0 Å². The molecule has 0 aromatic heterocycles. The Labute approximate surface area is 213 Å². The first-order valence-corrected chi connectivity index (χ1v) is 14.5. The highest BCUT2D eigenvalue weighted by Gasteiger charge is 2.30. The molecule has 0 spiro atoms. The van der Waals surface area contributed by atoms with Gasteiger partial charge < -0.3 is 14.6 Å². The first-order valence-electron chi connectivity index (χ1n) is 14.5. The molecule has 4 nitrogen and oxygen atoms in total. The SMILES string of the molecule is CCCCCCCCCCC(OC(C)(C)C)C(CCCCCCCCCC(=O)O)OC(C)(C)C. The topological polar surface area (TPSA) is 55.8 Å². The number of unbranched alkanes of at least 4 members (excludes halogenated alkanes) is 13. The number of hydrogen-bond donors (Lipinski definition) is 1. The van der Waals surface area contributed by atoms with Crippen LogP contribution >= 0.6 is 0 Å². The number of rotatable bonds is 22. The van der Waals surface area contributed by atoms with Crippen LogP contribution in [-0.4, -0.2) is 34.5 Å². The lowest BCUT2D eigenvalue weighted by molar-refractivity contribution is -0.167. The summed E-state index contributed by atoms with van der Waals surface area (Å²) in [5, 5.41) is 8.73. The number of ether oxygens (including phenoxy) is 2. The average Bonchev–Trinajstić information content (AvgIpc) is 2.70. The zero-order valence-corrected chi connectivity index (χ0v) is 24.1. The molecular formula is C30H60O4. The number of hydrogen-bond acceptors (Lipinski definition) is 3. The van der Waals surface area contributed by atoms with E-state index in [9.17, 15) is 4.79 Å². The molecule has 0 amide bonds. The lowest BCUT2D eigenvalue weighted by Crippen LogP contribution is -2.41. The van der Waals surface area contributed by atoms with E-state index in [-0.39, 0.29) is 23.4 Å². The third kappa shape index (κ3) is 23.1. The Hall–Kier alpha value is -0.610. The maximum Gasteiger partial charge on any atom is 0.303 e. The fourth-order valence-electron chi connectivity index (χ4n) is 4.53. The normalized spacial score (nSPS) is 14.3. The molecule has 0 fully saturated rings. The van der Waals surface area contributed by atoms with Gasteiger partial charge in [0.2, 0.25) is 0 Å². The molecule has 0 radical (unpaired) electrons. The summed E-state index contributed by atoms with van der Waals surface area (Å²) in [6, 6.07) is 0. The Morgan fingerprint density at radius 3 is 1.24 bits per heavy atom. The second-order valence-electron chi connectivity index (χ2n) is 12.2. The fraction of sp³-hybridized carbons (Fsp3) is 0.967. The van der Waals surface area contributed by atoms with Crippen molar-refractivity contribution in [1.82, 2.24) is 0 Å². The van der Waals surface area contributed by atoms with Crippen molar-refractivity contribution in [3.8, 4) is 0 Å². The van der Waals surface area contributed by atoms with Crippen LogP contribution in [0.25, 0.3) is 0 Å². The van der Waals surface area contributed by atoms with Crippen molar-refractivity contribution in [2.45, 2.75) is 187 Å². The van der Waals surface area contributed by atoms with Crippen molar-refractivity contribution < 1.29 is 19.4 Å². The lowest BCUT2D eigenvalue weighted by Gasteiger charge is -2.37. The third-order valence-electron chi connectivity index (χ3n) is 6.15. The van der Waals surface area contributed by atoms with E-state index in [1.165, 1.54) is 70.6 Å². The molecule has 2 unspecified atom stereocenters. The van der Waals surface area contributed by atoms with E-state index in [1.54, 1.807) is 0 Å². The first-order chi connectivity index (χ1) is 15.9. The summed E-state index contributed by atoms with van der Waals surface area (Å²) in [7, 11) is 0. The van der Waals surface area contributed by atoms with Crippen molar-refractivity contribution >= 4 is 5.97 Å². The Balaban J connectivity index is 4.55. The number of carbonyl (C=O) groups is 1. The molecule has 0 aliphatic heterocycles. The highest BCUT2D eigenvalue weighted by Crippen LogP contribution is 2.27.